The van der Waals surface area contributed by atoms with Crippen molar-refractivity contribution in [2.75, 3.05) is 23.3 Å². The third kappa shape index (κ3) is 5.45. The molecule has 0 aromatic heterocycles. The van der Waals surface area contributed by atoms with E-state index in [1.54, 1.807) is 0 Å². The third-order valence-corrected chi connectivity index (χ3v) is 6.29. The predicted molar refractivity (Wildman–Crippen MR) is 124 cm³/mol. The first-order valence-corrected chi connectivity index (χ1v) is 10.8. The Morgan fingerprint density at radius 2 is 1.96 bits per heavy atom. The van der Waals surface area contributed by atoms with Gasteiger partial charge in [0, 0.05) is 28.9 Å². The lowest BCUT2D eigenvalue weighted by Gasteiger charge is -2.33. The maximum absolute atomic E-state index is 5.49. The molecule has 0 spiro atoms. The van der Waals surface area contributed by atoms with Gasteiger partial charge in [-0.2, -0.15) is 0 Å². The minimum absolute atomic E-state index is 0.149. The summed E-state index contributed by atoms with van der Waals surface area (Å²) in [6, 6.07) is 15.2. The summed E-state index contributed by atoms with van der Waals surface area (Å²) in [7, 11) is 0. The molecule has 0 unspecified atom stereocenters. The van der Waals surface area contributed by atoms with Gasteiger partial charge in [0.25, 0.3) is 0 Å². The minimum Gasteiger partial charge on any atom is -0.371 e. The van der Waals surface area contributed by atoms with E-state index in [1.165, 1.54) is 29.7 Å². The number of nitrogens with one attached hydrogen (secondary N) is 2. The molecule has 3 rings (SSSR count). The maximum atomic E-state index is 5.49. The SMILES string of the molecule is Cc1cc(NC(=S)N[C@H](C)c2ccc(N3CCC[C@H](C)C3)cc2)ccc1Br. The van der Waals surface area contributed by atoms with Gasteiger partial charge in [0.2, 0.25) is 0 Å². The van der Waals surface area contributed by atoms with Crippen LogP contribution in [0, 0.1) is 12.8 Å². The Morgan fingerprint density at radius 3 is 2.63 bits per heavy atom. The van der Waals surface area contributed by atoms with Gasteiger partial charge in [-0.25, -0.2) is 0 Å². The number of anilines is 2. The minimum atomic E-state index is 0.149. The van der Waals surface area contributed by atoms with Crippen LogP contribution in [-0.2, 0) is 0 Å². The van der Waals surface area contributed by atoms with Gasteiger partial charge < -0.3 is 15.5 Å². The quantitative estimate of drug-likeness (QED) is 0.560. The van der Waals surface area contributed by atoms with Gasteiger partial charge in [-0.1, -0.05) is 35.0 Å². The zero-order valence-electron chi connectivity index (χ0n) is 16.3. The fourth-order valence-electron chi connectivity index (χ4n) is 3.57. The number of benzene rings is 2. The van der Waals surface area contributed by atoms with Crippen LogP contribution in [-0.4, -0.2) is 18.2 Å². The molecule has 2 aromatic rings. The van der Waals surface area contributed by atoms with Crippen molar-refractivity contribution < 1.29 is 0 Å². The summed E-state index contributed by atoms with van der Waals surface area (Å²) in [5, 5.41) is 7.29. The van der Waals surface area contributed by atoms with E-state index in [0.717, 1.165) is 29.2 Å². The summed E-state index contributed by atoms with van der Waals surface area (Å²) in [5.41, 5.74) is 4.73. The summed E-state index contributed by atoms with van der Waals surface area (Å²) < 4.78 is 1.10. The van der Waals surface area contributed by atoms with Gasteiger partial charge in [-0.15, -0.1) is 0 Å². The van der Waals surface area contributed by atoms with Crippen molar-refractivity contribution in [2.24, 2.45) is 5.92 Å². The summed E-state index contributed by atoms with van der Waals surface area (Å²) in [6.45, 7) is 8.87. The molecule has 2 aromatic carbocycles. The lowest BCUT2D eigenvalue weighted by molar-refractivity contribution is 0.447. The molecule has 1 aliphatic heterocycles. The number of thiocarbonyl (C=S) groups is 1. The van der Waals surface area contributed by atoms with Crippen LogP contribution in [0.2, 0.25) is 0 Å². The third-order valence-electron chi connectivity index (χ3n) is 5.18. The molecule has 1 heterocycles. The topological polar surface area (TPSA) is 27.3 Å². The van der Waals surface area contributed by atoms with E-state index in [2.05, 4.69) is 82.6 Å². The molecule has 0 amide bonds. The normalized spacial score (nSPS) is 18.1. The molecule has 0 aliphatic carbocycles. The first-order chi connectivity index (χ1) is 12.9. The molecule has 0 radical (unpaired) electrons. The van der Waals surface area contributed by atoms with Crippen LogP contribution < -0.4 is 15.5 Å². The van der Waals surface area contributed by atoms with Crippen molar-refractivity contribution in [3.8, 4) is 0 Å². The molecule has 1 aliphatic rings. The highest BCUT2D eigenvalue weighted by molar-refractivity contribution is 9.10. The fourth-order valence-corrected chi connectivity index (χ4v) is 4.11. The van der Waals surface area contributed by atoms with Crippen LogP contribution in [0.3, 0.4) is 0 Å². The van der Waals surface area contributed by atoms with Crippen LogP contribution >= 0.6 is 28.1 Å². The van der Waals surface area contributed by atoms with Crippen molar-refractivity contribution in [1.29, 1.82) is 0 Å². The van der Waals surface area contributed by atoms with Crippen molar-refractivity contribution in [3.63, 3.8) is 0 Å². The predicted octanol–water partition coefficient (Wildman–Crippen LogP) is 6.04. The number of aryl methyl sites for hydroxylation is 1. The van der Waals surface area contributed by atoms with Gasteiger partial charge >= 0.3 is 0 Å². The Kier molecular flexibility index (Phi) is 6.77. The van der Waals surface area contributed by atoms with Gasteiger partial charge in [-0.3, -0.25) is 0 Å². The molecule has 2 atom stereocenters. The van der Waals surface area contributed by atoms with Crippen LogP contribution in [0.4, 0.5) is 11.4 Å². The van der Waals surface area contributed by atoms with E-state index in [-0.39, 0.29) is 6.04 Å². The number of hydrogen-bond acceptors (Lipinski definition) is 2. The van der Waals surface area contributed by atoms with Crippen molar-refractivity contribution >= 4 is 44.6 Å². The van der Waals surface area contributed by atoms with Crippen LogP contribution in [0.15, 0.2) is 46.9 Å². The van der Waals surface area contributed by atoms with Crippen molar-refractivity contribution in [3.05, 3.63) is 58.1 Å². The molecule has 0 bridgehead atoms. The lowest BCUT2D eigenvalue weighted by atomic mass is 9.99. The second kappa shape index (κ2) is 9.07. The zero-order chi connectivity index (χ0) is 19.4. The molecule has 27 heavy (non-hydrogen) atoms. The van der Waals surface area contributed by atoms with Gasteiger partial charge in [-0.05, 0) is 86.3 Å². The highest BCUT2D eigenvalue weighted by Crippen LogP contribution is 2.25. The number of nitrogens with zero attached hydrogens (tertiary/aromatic N) is 1. The largest absolute Gasteiger partial charge is 0.371 e. The van der Waals surface area contributed by atoms with Gasteiger partial charge in [0.05, 0.1) is 6.04 Å². The van der Waals surface area contributed by atoms with E-state index in [4.69, 9.17) is 12.2 Å². The molecule has 5 heteroatoms. The van der Waals surface area contributed by atoms with Gasteiger partial charge in [0.15, 0.2) is 5.11 Å². The second-order valence-corrected chi connectivity index (χ2v) is 8.83. The highest BCUT2D eigenvalue weighted by atomic mass is 79.9. The molecule has 1 saturated heterocycles. The fraction of sp³-hybridized carbons (Fsp3) is 0.409. The Labute approximate surface area is 176 Å². The number of halogens is 1. The zero-order valence-corrected chi connectivity index (χ0v) is 18.7. The van der Waals surface area contributed by atoms with E-state index < -0.39 is 0 Å². The summed E-state index contributed by atoms with van der Waals surface area (Å²) in [4.78, 5) is 2.50. The summed E-state index contributed by atoms with van der Waals surface area (Å²) in [6.07, 6.45) is 2.63. The first kappa shape index (κ1) is 20.2. The highest BCUT2D eigenvalue weighted by Gasteiger charge is 2.17. The average Bonchev–Trinajstić information content (AvgIpc) is 2.65. The smallest absolute Gasteiger partial charge is 0.171 e. The van der Waals surface area contributed by atoms with E-state index >= 15 is 0 Å². The van der Waals surface area contributed by atoms with E-state index in [1.807, 2.05) is 12.1 Å². The molecule has 144 valence electrons. The number of piperidine rings is 1. The molecular weight excluding hydrogens is 418 g/mol. The van der Waals surface area contributed by atoms with Crippen LogP contribution in [0.25, 0.3) is 0 Å². The molecule has 1 fully saturated rings. The molecular formula is C22H28BrN3S. The van der Waals surface area contributed by atoms with Crippen LogP contribution in [0.5, 0.6) is 0 Å². The maximum Gasteiger partial charge on any atom is 0.171 e. The Bertz CT molecular complexity index is 791. The monoisotopic (exact) mass is 445 g/mol. The van der Waals surface area contributed by atoms with Crippen molar-refractivity contribution in [1.82, 2.24) is 5.32 Å². The lowest BCUT2D eigenvalue weighted by Crippen LogP contribution is -2.34. The Morgan fingerprint density at radius 1 is 1.22 bits per heavy atom. The Balaban J connectivity index is 1.57. The van der Waals surface area contributed by atoms with E-state index in [0.29, 0.717) is 5.11 Å². The standard InChI is InChI=1S/C22H28BrN3S/c1-15-5-4-12-26(14-15)20-9-6-18(7-10-20)17(3)24-22(27)25-19-8-11-21(23)16(2)13-19/h6-11,13,15,17H,4-5,12,14H2,1-3H3,(H2,24,25,27)/t15-,17+/m0/s1. The number of hydrogen-bond donors (Lipinski definition) is 2. The summed E-state index contributed by atoms with van der Waals surface area (Å²) >= 11 is 9.01. The van der Waals surface area contributed by atoms with Gasteiger partial charge in [0.1, 0.15) is 0 Å². The number of rotatable bonds is 4. The first-order valence-electron chi connectivity index (χ1n) is 9.61. The Hall–Kier alpha value is -1.59. The van der Waals surface area contributed by atoms with Crippen molar-refractivity contribution in [2.45, 2.75) is 39.7 Å². The van der Waals surface area contributed by atoms with E-state index in [9.17, 15) is 0 Å². The van der Waals surface area contributed by atoms with Crippen LogP contribution in [0.1, 0.15) is 43.9 Å². The molecule has 3 nitrogen and oxygen atoms in total. The second-order valence-electron chi connectivity index (χ2n) is 7.57. The molecule has 0 saturated carbocycles. The molecule has 2 N–H and O–H groups in total. The average molecular weight is 446 g/mol. The summed E-state index contributed by atoms with van der Waals surface area (Å²) in [5.74, 6) is 0.782.